The highest BCUT2D eigenvalue weighted by Gasteiger charge is 2.26. The topological polar surface area (TPSA) is 12.0 Å². The molecular formula is C28H30NPSi. The van der Waals surface area contributed by atoms with Crippen LogP contribution in [0.5, 0.6) is 0 Å². The fourth-order valence-corrected chi connectivity index (χ4v) is 8.03. The van der Waals surface area contributed by atoms with E-state index >= 15 is 0 Å². The molecule has 3 heteroatoms. The average molecular weight is 440 g/mol. The van der Waals surface area contributed by atoms with Gasteiger partial charge >= 0.3 is 0 Å². The van der Waals surface area contributed by atoms with Crippen LogP contribution in [0.3, 0.4) is 0 Å². The molecule has 0 radical (unpaired) electrons. The first kappa shape index (κ1) is 21.6. The maximum atomic E-state index is 3.88. The molecule has 0 saturated heterocycles. The number of benzene rings is 4. The lowest BCUT2D eigenvalue weighted by Gasteiger charge is -2.28. The van der Waals surface area contributed by atoms with Gasteiger partial charge in [-0.3, -0.25) is 0 Å². The zero-order valence-electron chi connectivity index (χ0n) is 18.5. The molecule has 4 aromatic carbocycles. The van der Waals surface area contributed by atoms with E-state index in [1.807, 2.05) is 0 Å². The van der Waals surface area contributed by atoms with Crippen molar-refractivity contribution in [2.24, 2.45) is 0 Å². The van der Waals surface area contributed by atoms with E-state index in [0.29, 0.717) is 0 Å². The predicted molar refractivity (Wildman–Crippen MR) is 142 cm³/mol. The van der Waals surface area contributed by atoms with Crippen molar-refractivity contribution in [1.82, 2.24) is 0 Å². The first-order chi connectivity index (χ1) is 15.0. The van der Waals surface area contributed by atoms with Crippen molar-refractivity contribution in [2.45, 2.75) is 26.2 Å². The molecule has 0 aliphatic heterocycles. The van der Waals surface area contributed by atoms with Gasteiger partial charge in [0, 0.05) is 17.5 Å². The molecule has 0 atom stereocenters. The van der Waals surface area contributed by atoms with Crippen LogP contribution in [0.2, 0.25) is 19.6 Å². The van der Waals surface area contributed by atoms with E-state index in [0.717, 1.165) is 6.54 Å². The van der Waals surface area contributed by atoms with Crippen LogP contribution in [0.25, 0.3) is 0 Å². The zero-order chi connectivity index (χ0) is 21.7. The van der Waals surface area contributed by atoms with Crippen molar-refractivity contribution in [3.05, 3.63) is 115 Å². The van der Waals surface area contributed by atoms with Crippen LogP contribution < -0.4 is 26.4 Å². The van der Waals surface area contributed by atoms with Crippen LogP contribution in [0.15, 0.2) is 109 Å². The highest BCUT2D eigenvalue weighted by atomic mass is 31.1. The summed E-state index contributed by atoms with van der Waals surface area (Å²) in [5, 5.41) is 9.57. The lowest BCUT2D eigenvalue weighted by Crippen LogP contribution is -2.42. The van der Waals surface area contributed by atoms with Crippen molar-refractivity contribution in [2.75, 3.05) is 5.32 Å². The van der Waals surface area contributed by atoms with Crippen LogP contribution in [-0.4, -0.2) is 8.07 Å². The number of rotatable bonds is 7. The predicted octanol–water partition coefficient (Wildman–Crippen LogP) is 5.60. The maximum absolute atomic E-state index is 3.88. The summed E-state index contributed by atoms with van der Waals surface area (Å²) in [6.07, 6.45) is 0. The normalized spacial score (nSPS) is 11.5. The first-order valence-corrected chi connectivity index (χ1v) is 15.7. The molecule has 0 fully saturated rings. The van der Waals surface area contributed by atoms with Gasteiger partial charge in [-0.2, -0.15) is 0 Å². The van der Waals surface area contributed by atoms with Gasteiger partial charge in [-0.15, -0.1) is 0 Å². The molecule has 1 nitrogen and oxygen atoms in total. The van der Waals surface area contributed by atoms with Crippen molar-refractivity contribution in [1.29, 1.82) is 0 Å². The van der Waals surface area contributed by atoms with E-state index in [4.69, 9.17) is 0 Å². The minimum absolute atomic E-state index is 0.651. The van der Waals surface area contributed by atoms with Gasteiger partial charge in [-0.05, 0) is 29.3 Å². The fourth-order valence-electron chi connectivity index (χ4n) is 3.90. The molecule has 0 aromatic heterocycles. The Kier molecular flexibility index (Phi) is 6.70. The molecule has 0 saturated carbocycles. The third-order valence-electron chi connectivity index (χ3n) is 5.43. The van der Waals surface area contributed by atoms with Crippen LogP contribution in [0.1, 0.15) is 5.56 Å². The molecule has 31 heavy (non-hydrogen) atoms. The second-order valence-electron chi connectivity index (χ2n) is 8.80. The monoisotopic (exact) mass is 439 g/mol. The molecule has 0 spiro atoms. The Morgan fingerprint density at radius 1 is 0.613 bits per heavy atom. The highest BCUT2D eigenvalue weighted by Crippen LogP contribution is 2.35. The smallest absolute Gasteiger partial charge is 0.0803 e. The van der Waals surface area contributed by atoms with E-state index in [2.05, 4.69) is 134 Å². The van der Waals surface area contributed by atoms with E-state index in [-0.39, 0.29) is 0 Å². The SMILES string of the molecule is C[Si](C)(C)c1cccc(P(c2ccccc2)c2ccccc2)c1NCc1ccccc1. The molecule has 0 bridgehead atoms. The van der Waals surface area contributed by atoms with Gasteiger partial charge in [-0.1, -0.05) is 129 Å². The molecule has 0 aliphatic carbocycles. The highest BCUT2D eigenvalue weighted by molar-refractivity contribution is 7.80. The molecule has 1 N–H and O–H groups in total. The number of para-hydroxylation sites is 1. The van der Waals surface area contributed by atoms with E-state index in [1.54, 1.807) is 0 Å². The number of anilines is 1. The number of hydrogen-bond donors (Lipinski definition) is 1. The second kappa shape index (κ2) is 9.64. The summed E-state index contributed by atoms with van der Waals surface area (Å²) in [5.74, 6) is 0. The summed E-state index contributed by atoms with van der Waals surface area (Å²) in [6, 6.07) is 39.6. The van der Waals surface area contributed by atoms with E-state index in [9.17, 15) is 0 Å². The second-order valence-corrected chi connectivity index (χ2v) is 16.0. The van der Waals surface area contributed by atoms with E-state index in [1.165, 1.54) is 32.4 Å². The minimum Gasteiger partial charge on any atom is -0.381 e. The molecule has 0 amide bonds. The lowest BCUT2D eigenvalue weighted by atomic mass is 10.2. The molecule has 0 unspecified atom stereocenters. The molecule has 0 aliphatic rings. The molecular weight excluding hydrogens is 409 g/mol. The van der Waals surface area contributed by atoms with Crippen LogP contribution in [0.4, 0.5) is 5.69 Å². The summed E-state index contributed by atoms with van der Waals surface area (Å²) >= 11 is 0. The maximum Gasteiger partial charge on any atom is 0.0803 e. The third kappa shape index (κ3) is 5.15. The Hall–Kier alpha value is -2.67. The summed E-state index contributed by atoms with van der Waals surface area (Å²) in [4.78, 5) is 0. The number of nitrogens with one attached hydrogen (secondary N) is 1. The van der Waals surface area contributed by atoms with Crippen LogP contribution in [0, 0.1) is 0 Å². The van der Waals surface area contributed by atoms with Gasteiger partial charge in [0.15, 0.2) is 0 Å². The molecule has 4 aromatic rings. The Morgan fingerprint density at radius 2 is 1.13 bits per heavy atom. The summed E-state index contributed by atoms with van der Waals surface area (Å²) < 4.78 is 0. The molecule has 0 heterocycles. The standard InChI is InChI=1S/C28H30NPSi/c1-31(2,3)27-21-13-20-26(28(27)29-22-23-14-7-4-8-15-23)30(24-16-9-5-10-17-24)25-18-11-6-12-19-25/h4-21,29H,22H2,1-3H3. The van der Waals surface area contributed by atoms with Gasteiger partial charge in [0.1, 0.15) is 0 Å². The Bertz CT molecular complexity index is 1070. The molecule has 4 rings (SSSR count). The van der Waals surface area contributed by atoms with Gasteiger partial charge in [0.25, 0.3) is 0 Å². The summed E-state index contributed by atoms with van der Waals surface area (Å²) in [7, 11) is -2.20. The Morgan fingerprint density at radius 3 is 1.65 bits per heavy atom. The van der Waals surface area contributed by atoms with Crippen molar-refractivity contribution < 1.29 is 0 Å². The third-order valence-corrected chi connectivity index (χ3v) is 9.95. The largest absolute Gasteiger partial charge is 0.381 e. The van der Waals surface area contributed by atoms with Crippen molar-refractivity contribution in [3.63, 3.8) is 0 Å². The Labute approximate surface area is 188 Å². The summed E-state index contributed by atoms with van der Waals surface area (Å²) in [5.41, 5.74) is 2.65. The number of hydrogen-bond acceptors (Lipinski definition) is 1. The van der Waals surface area contributed by atoms with Crippen LogP contribution >= 0.6 is 7.92 Å². The molecule has 156 valence electrons. The zero-order valence-corrected chi connectivity index (χ0v) is 20.4. The quantitative estimate of drug-likeness (QED) is 0.292. The van der Waals surface area contributed by atoms with E-state index < -0.39 is 16.0 Å². The average Bonchev–Trinajstić information content (AvgIpc) is 2.80. The summed E-state index contributed by atoms with van der Waals surface area (Å²) in [6.45, 7) is 8.15. The first-order valence-electron chi connectivity index (χ1n) is 10.9. The fraction of sp³-hybridized carbons (Fsp3) is 0.143. The van der Waals surface area contributed by atoms with Gasteiger partial charge in [-0.25, -0.2) is 0 Å². The van der Waals surface area contributed by atoms with Crippen LogP contribution in [-0.2, 0) is 6.54 Å². The lowest BCUT2D eigenvalue weighted by molar-refractivity contribution is 1.16. The minimum atomic E-state index is -1.55. The van der Waals surface area contributed by atoms with Gasteiger partial charge in [0.05, 0.1) is 8.07 Å². The van der Waals surface area contributed by atoms with Crippen molar-refractivity contribution >= 4 is 42.8 Å². The van der Waals surface area contributed by atoms with Crippen molar-refractivity contribution in [3.8, 4) is 0 Å². The Balaban J connectivity index is 1.86. The van der Waals surface area contributed by atoms with Gasteiger partial charge < -0.3 is 5.32 Å². The van der Waals surface area contributed by atoms with Gasteiger partial charge in [0.2, 0.25) is 0 Å².